The molecule has 2 N–H and O–H groups in total. The molecular formula is C13H27NO3. The molecule has 0 unspecified atom stereocenters. The minimum Gasteiger partial charge on any atom is -0.481 e. The first kappa shape index (κ1) is 16.4. The lowest BCUT2D eigenvalue weighted by Crippen LogP contribution is -2.03. The van der Waals surface area contributed by atoms with Crippen molar-refractivity contribution in [2.24, 2.45) is 0 Å². The summed E-state index contributed by atoms with van der Waals surface area (Å²) in [7, 11) is 0. The maximum atomic E-state index is 10.1. The Hall–Kier alpha value is -0.610. The second-order valence-corrected chi connectivity index (χ2v) is 4.27. The summed E-state index contributed by atoms with van der Waals surface area (Å²) in [5, 5.41) is 11.5. The van der Waals surface area contributed by atoms with E-state index >= 15 is 0 Å². The number of aliphatic carboxylic acids is 1. The molecule has 1 aliphatic rings. The van der Waals surface area contributed by atoms with Gasteiger partial charge in [-0.3, -0.25) is 4.79 Å². The second-order valence-electron chi connectivity index (χ2n) is 4.27. The summed E-state index contributed by atoms with van der Waals surface area (Å²) in [6.45, 7) is 5.71. The van der Waals surface area contributed by atoms with Gasteiger partial charge in [-0.05, 0) is 32.4 Å². The van der Waals surface area contributed by atoms with Gasteiger partial charge in [0.1, 0.15) is 0 Å². The van der Waals surface area contributed by atoms with Crippen LogP contribution in [0.4, 0.5) is 0 Å². The molecule has 0 aromatic carbocycles. The number of carbonyl (C=O) groups is 1. The summed E-state index contributed by atoms with van der Waals surface area (Å²) in [5.74, 6) is -0.788. The summed E-state index contributed by atoms with van der Waals surface area (Å²) in [5.41, 5.74) is 0. The Labute approximate surface area is 105 Å². The van der Waals surface area contributed by atoms with Crippen LogP contribution in [0.15, 0.2) is 0 Å². The third kappa shape index (κ3) is 15.4. The highest BCUT2D eigenvalue weighted by molar-refractivity contribution is 5.66. The molecule has 17 heavy (non-hydrogen) atoms. The molecule has 0 amide bonds. The number of hydrogen-bond donors (Lipinski definition) is 2. The van der Waals surface area contributed by atoms with Crippen molar-refractivity contribution in [2.75, 3.05) is 26.3 Å². The van der Waals surface area contributed by atoms with Crippen LogP contribution < -0.4 is 5.32 Å². The van der Waals surface area contributed by atoms with Crippen molar-refractivity contribution in [3.8, 4) is 0 Å². The van der Waals surface area contributed by atoms with Gasteiger partial charge in [0.15, 0.2) is 0 Å². The molecule has 1 heterocycles. The zero-order valence-electron chi connectivity index (χ0n) is 11.0. The molecule has 0 atom stereocenters. The normalized spacial score (nSPS) is 14.2. The van der Waals surface area contributed by atoms with Crippen LogP contribution in [0, 0.1) is 0 Å². The van der Waals surface area contributed by atoms with Crippen LogP contribution in [0.5, 0.6) is 0 Å². The van der Waals surface area contributed by atoms with E-state index in [4.69, 9.17) is 9.84 Å². The zero-order valence-corrected chi connectivity index (χ0v) is 11.0. The molecule has 4 heteroatoms. The Balaban J connectivity index is 0.000000419. The molecule has 0 aromatic rings. The minimum atomic E-state index is -0.788. The molecule has 0 radical (unpaired) electrons. The van der Waals surface area contributed by atoms with Crippen molar-refractivity contribution < 1.29 is 14.6 Å². The van der Waals surface area contributed by atoms with E-state index in [0.717, 1.165) is 6.42 Å². The Kier molecular flexibility index (Phi) is 13.0. The van der Waals surface area contributed by atoms with Crippen molar-refractivity contribution in [3.05, 3.63) is 0 Å². The van der Waals surface area contributed by atoms with Gasteiger partial charge in [-0.15, -0.1) is 0 Å². The first-order valence-corrected chi connectivity index (χ1v) is 6.77. The monoisotopic (exact) mass is 245 g/mol. The molecule has 4 nitrogen and oxygen atoms in total. The molecule has 0 aromatic heterocycles. The summed E-state index contributed by atoms with van der Waals surface area (Å²) in [6, 6.07) is 0. The fourth-order valence-electron chi connectivity index (χ4n) is 1.52. The van der Waals surface area contributed by atoms with Crippen LogP contribution in [-0.2, 0) is 9.53 Å². The topological polar surface area (TPSA) is 58.6 Å². The Morgan fingerprint density at radius 3 is 2.35 bits per heavy atom. The Bertz CT molecular complexity index is 162. The van der Waals surface area contributed by atoms with Crippen molar-refractivity contribution in [1.82, 2.24) is 5.32 Å². The average Bonchev–Trinajstić information content (AvgIpc) is 2.86. The van der Waals surface area contributed by atoms with Crippen molar-refractivity contribution >= 4 is 5.97 Å². The van der Waals surface area contributed by atoms with E-state index < -0.39 is 5.97 Å². The van der Waals surface area contributed by atoms with Gasteiger partial charge in [0, 0.05) is 6.61 Å². The van der Waals surface area contributed by atoms with E-state index in [1.165, 1.54) is 45.2 Å². The van der Waals surface area contributed by atoms with Gasteiger partial charge < -0.3 is 15.2 Å². The van der Waals surface area contributed by atoms with Gasteiger partial charge in [-0.25, -0.2) is 0 Å². The molecule has 0 aliphatic carbocycles. The number of carboxylic acid groups (broad SMARTS) is 1. The summed E-state index contributed by atoms with van der Waals surface area (Å²) in [6.07, 6.45) is 7.59. The summed E-state index contributed by atoms with van der Waals surface area (Å²) < 4.78 is 5.11. The number of rotatable bonds is 8. The fourth-order valence-corrected chi connectivity index (χ4v) is 1.52. The van der Waals surface area contributed by atoms with Crippen molar-refractivity contribution in [1.29, 1.82) is 0 Å². The van der Waals surface area contributed by atoms with Gasteiger partial charge >= 0.3 is 5.97 Å². The highest BCUT2D eigenvalue weighted by atomic mass is 16.5. The molecule has 1 aliphatic heterocycles. The number of hydrogen-bond acceptors (Lipinski definition) is 3. The van der Waals surface area contributed by atoms with Crippen LogP contribution in [-0.4, -0.2) is 37.4 Å². The molecule has 0 saturated carbocycles. The van der Waals surface area contributed by atoms with E-state index in [9.17, 15) is 4.79 Å². The van der Waals surface area contributed by atoms with Gasteiger partial charge in [0.25, 0.3) is 0 Å². The highest BCUT2D eigenvalue weighted by Crippen LogP contribution is 1.98. The first-order valence-electron chi connectivity index (χ1n) is 6.77. The van der Waals surface area contributed by atoms with E-state index in [2.05, 4.69) is 12.2 Å². The van der Waals surface area contributed by atoms with E-state index in [1.54, 1.807) is 0 Å². The van der Waals surface area contributed by atoms with Gasteiger partial charge in [-0.2, -0.15) is 0 Å². The quantitative estimate of drug-likeness (QED) is 0.645. The van der Waals surface area contributed by atoms with Crippen LogP contribution in [0.25, 0.3) is 0 Å². The minimum absolute atomic E-state index is 0.119. The molecule has 1 rings (SSSR count). The molecule has 0 bridgehead atoms. The Morgan fingerprint density at radius 1 is 1.18 bits per heavy atom. The lowest BCUT2D eigenvalue weighted by molar-refractivity contribution is -0.138. The van der Waals surface area contributed by atoms with E-state index in [0.29, 0.717) is 13.2 Å². The number of unbranched alkanes of at least 4 members (excludes halogenated alkanes) is 3. The maximum Gasteiger partial charge on any atom is 0.305 e. The molecule has 1 saturated heterocycles. The third-order valence-electron chi connectivity index (χ3n) is 2.56. The van der Waals surface area contributed by atoms with Crippen LogP contribution >= 0.6 is 0 Å². The SMILES string of the molecule is C1CCNC1.CCCCCCOCCC(=O)O. The summed E-state index contributed by atoms with van der Waals surface area (Å²) in [4.78, 5) is 10.1. The zero-order chi connectivity index (χ0) is 12.8. The smallest absolute Gasteiger partial charge is 0.305 e. The van der Waals surface area contributed by atoms with Crippen LogP contribution in [0.1, 0.15) is 51.9 Å². The van der Waals surface area contributed by atoms with Crippen LogP contribution in [0.3, 0.4) is 0 Å². The largest absolute Gasteiger partial charge is 0.481 e. The van der Waals surface area contributed by atoms with Crippen molar-refractivity contribution in [3.63, 3.8) is 0 Å². The Morgan fingerprint density at radius 2 is 1.88 bits per heavy atom. The number of carboxylic acids is 1. The van der Waals surface area contributed by atoms with Gasteiger partial charge in [0.2, 0.25) is 0 Å². The average molecular weight is 245 g/mol. The predicted molar refractivity (Wildman–Crippen MR) is 69.3 cm³/mol. The molecule has 102 valence electrons. The lowest BCUT2D eigenvalue weighted by Gasteiger charge is -2.00. The summed E-state index contributed by atoms with van der Waals surface area (Å²) >= 11 is 0. The predicted octanol–water partition coefficient (Wildman–Crippen LogP) is 2.43. The second kappa shape index (κ2) is 13.5. The lowest BCUT2D eigenvalue weighted by atomic mass is 10.2. The van der Waals surface area contributed by atoms with E-state index in [-0.39, 0.29) is 6.42 Å². The standard InChI is InChI=1S/C9H18O3.C4H9N/c1-2-3-4-5-7-12-8-6-9(10)11;1-2-4-5-3-1/h2-8H2,1H3,(H,10,11);5H,1-4H2. The molecular weight excluding hydrogens is 218 g/mol. The number of ether oxygens (including phenoxy) is 1. The maximum absolute atomic E-state index is 10.1. The first-order chi connectivity index (χ1) is 8.27. The third-order valence-corrected chi connectivity index (χ3v) is 2.56. The van der Waals surface area contributed by atoms with E-state index in [1.807, 2.05) is 0 Å². The van der Waals surface area contributed by atoms with Gasteiger partial charge in [0.05, 0.1) is 13.0 Å². The highest BCUT2D eigenvalue weighted by Gasteiger charge is 1.95. The number of nitrogens with one attached hydrogen (secondary N) is 1. The van der Waals surface area contributed by atoms with Crippen molar-refractivity contribution in [2.45, 2.75) is 51.9 Å². The fraction of sp³-hybridized carbons (Fsp3) is 0.923. The van der Waals surface area contributed by atoms with Gasteiger partial charge in [-0.1, -0.05) is 26.2 Å². The molecule has 0 spiro atoms. The molecule has 1 fully saturated rings. The van der Waals surface area contributed by atoms with Crippen LogP contribution in [0.2, 0.25) is 0 Å².